The molecule has 17 heavy (non-hydrogen) atoms. The second-order valence-electron chi connectivity index (χ2n) is 7.24. The molecule has 0 heterocycles. The van der Waals surface area contributed by atoms with E-state index in [9.17, 15) is 0 Å². The van der Waals surface area contributed by atoms with Crippen molar-refractivity contribution in [3.63, 3.8) is 0 Å². The van der Waals surface area contributed by atoms with Crippen molar-refractivity contribution in [1.82, 2.24) is 0 Å². The predicted octanol–water partition coefficient (Wildman–Crippen LogP) is 5.03. The van der Waals surface area contributed by atoms with E-state index in [1.54, 1.807) is 0 Å². The first-order valence-electron chi connectivity index (χ1n) is 6.86. The fourth-order valence-electron chi connectivity index (χ4n) is 2.16. The van der Waals surface area contributed by atoms with Crippen LogP contribution in [-0.2, 0) is 4.43 Å². The van der Waals surface area contributed by atoms with E-state index < -0.39 is 14.6 Å². The van der Waals surface area contributed by atoms with Gasteiger partial charge in [-0.25, -0.2) is 0 Å². The van der Waals surface area contributed by atoms with Crippen molar-refractivity contribution in [2.45, 2.75) is 78.7 Å². The second kappa shape index (κ2) is 6.26. The van der Waals surface area contributed by atoms with Gasteiger partial charge in [0.05, 0.1) is 13.2 Å². The minimum Gasteiger partial charge on any atom is -0.405 e. The SMILES string of the molecule is CCCC(C)(C)O[Si](S)(CC(C)C)[Si](C)(C)C. The highest BCUT2D eigenvalue weighted by molar-refractivity contribution is 8.22. The summed E-state index contributed by atoms with van der Waals surface area (Å²) in [5, 5.41) is 0. The fourth-order valence-corrected chi connectivity index (χ4v) is 11.9. The monoisotopic (exact) mass is 292 g/mol. The van der Waals surface area contributed by atoms with Crippen LogP contribution in [-0.4, -0.2) is 20.2 Å². The molecule has 0 aliphatic rings. The Morgan fingerprint density at radius 2 is 1.65 bits per heavy atom. The third kappa shape index (κ3) is 5.94. The van der Waals surface area contributed by atoms with Gasteiger partial charge in [-0.2, -0.15) is 12.1 Å². The summed E-state index contributed by atoms with van der Waals surface area (Å²) >= 11 is 5.10. The lowest BCUT2D eigenvalue weighted by molar-refractivity contribution is 0.0966. The second-order valence-corrected chi connectivity index (χ2v) is 24.3. The zero-order chi connectivity index (χ0) is 13.9. The summed E-state index contributed by atoms with van der Waals surface area (Å²) in [6.07, 6.45) is 2.31. The molecule has 104 valence electrons. The Hall–Kier alpha value is 0.744. The normalized spacial score (nSPS) is 17.3. The lowest BCUT2D eigenvalue weighted by Crippen LogP contribution is -2.59. The standard InChI is InChI=1S/C13H32OSSi2/c1-9-10-13(4,5)14-17(15,11-12(2)3)16(6,7)8/h12,15H,9-11H2,1-8H3. The van der Waals surface area contributed by atoms with Gasteiger partial charge in [0.1, 0.15) is 0 Å². The molecule has 1 nitrogen and oxygen atoms in total. The van der Waals surface area contributed by atoms with E-state index >= 15 is 0 Å². The minimum absolute atomic E-state index is 0.00209. The third-order valence-electron chi connectivity index (χ3n) is 3.15. The van der Waals surface area contributed by atoms with Crippen molar-refractivity contribution < 1.29 is 4.43 Å². The van der Waals surface area contributed by atoms with Crippen LogP contribution < -0.4 is 0 Å². The molecule has 0 aliphatic carbocycles. The summed E-state index contributed by atoms with van der Waals surface area (Å²) in [5.74, 6) is 0.684. The Labute approximate surface area is 116 Å². The van der Waals surface area contributed by atoms with Crippen LogP contribution in [0.4, 0.5) is 0 Å². The Kier molecular flexibility index (Phi) is 6.54. The zero-order valence-electron chi connectivity index (χ0n) is 13.1. The van der Waals surface area contributed by atoms with E-state index in [4.69, 9.17) is 16.5 Å². The summed E-state index contributed by atoms with van der Waals surface area (Å²) in [6.45, 7) is 16.6. The van der Waals surface area contributed by atoms with E-state index in [1.165, 1.54) is 12.5 Å². The number of rotatable bonds is 7. The molecule has 0 N–H and O–H groups in total. The molecule has 0 saturated carbocycles. The van der Waals surface area contributed by atoms with Crippen molar-refractivity contribution >= 4 is 26.7 Å². The molecule has 0 fully saturated rings. The maximum Gasteiger partial charge on any atom is 0.235 e. The topological polar surface area (TPSA) is 9.23 Å². The van der Waals surface area contributed by atoms with Crippen molar-refractivity contribution in [3.05, 3.63) is 0 Å². The maximum absolute atomic E-state index is 6.61. The van der Waals surface area contributed by atoms with Crippen LogP contribution in [0.5, 0.6) is 0 Å². The molecule has 0 bridgehead atoms. The van der Waals surface area contributed by atoms with Crippen LogP contribution in [0.25, 0.3) is 0 Å². The largest absolute Gasteiger partial charge is 0.405 e. The molecule has 0 radical (unpaired) electrons. The van der Waals surface area contributed by atoms with E-state index in [-0.39, 0.29) is 5.60 Å². The summed E-state index contributed by atoms with van der Waals surface area (Å²) in [4.78, 5) is 0. The molecule has 0 aliphatic heterocycles. The molecule has 1 unspecified atom stereocenters. The highest BCUT2D eigenvalue weighted by Gasteiger charge is 2.48. The molecule has 0 aromatic rings. The van der Waals surface area contributed by atoms with Crippen LogP contribution in [0.15, 0.2) is 0 Å². The van der Waals surface area contributed by atoms with Gasteiger partial charge in [-0.3, -0.25) is 0 Å². The molecule has 0 aromatic carbocycles. The highest BCUT2D eigenvalue weighted by Crippen LogP contribution is 2.36. The van der Waals surface area contributed by atoms with Gasteiger partial charge in [0.25, 0.3) is 0 Å². The summed E-state index contributed by atoms with van der Waals surface area (Å²) in [6, 6.07) is 1.18. The Bertz CT molecular complexity index is 236. The van der Waals surface area contributed by atoms with E-state index in [2.05, 4.69) is 54.3 Å². The highest BCUT2D eigenvalue weighted by atomic mass is 32.3. The van der Waals surface area contributed by atoms with Gasteiger partial charge < -0.3 is 4.43 Å². The van der Waals surface area contributed by atoms with Gasteiger partial charge in [0, 0.05) is 0 Å². The van der Waals surface area contributed by atoms with Crippen LogP contribution in [0.2, 0.25) is 25.7 Å². The fraction of sp³-hybridized carbons (Fsp3) is 1.00. The molecule has 1 atom stereocenters. The quantitative estimate of drug-likeness (QED) is 0.511. The van der Waals surface area contributed by atoms with Crippen molar-refractivity contribution in [2.24, 2.45) is 5.92 Å². The van der Waals surface area contributed by atoms with E-state index in [1.807, 2.05) is 0 Å². The average Bonchev–Trinajstić information content (AvgIpc) is 1.97. The van der Waals surface area contributed by atoms with Crippen molar-refractivity contribution in [3.8, 4) is 0 Å². The van der Waals surface area contributed by atoms with Gasteiger partial charge in [0.15, 0.2) is 0 Å². The number of hydrogen-bond acceptors (Lipinski definition) is 2. The van der Waals surface area contributed by atoms with E-state index in [0.29, 0.717) is 5.92 Å². The molecule has 4 heteroatoms. The predicted molar refractivity (Wildman–Crippen MR) is 87.8 cm³/mol. The Morgan fingerprint density at radius 1 is 1.18 bits per heavy atom. The first-order valence-corrected chi connectivity index (χ1v) is 14.8. The third-order valence-corrected chi connectivity index (χ3v) is 22.6. The maximum atomic E-state index is 6.61. The summed E-state index contributed by atoms with van der Waals surface area (Å²) in [5.41, 5.74) is -0.00209. The number of hydrogen-bond donors (Lipinski definition) is 1. The molecular weight excluding hydrogens is 260 g/mol. The smallest absolute Gasteiger partial charge is 0.235 e. The number of thiol groups is 1. The van der Waals surface area contributed by atoms with Gasteiger partial charge in [-0.1, -0.05) is 46.8 Å². The lowest BCUT2D eigenvalue weighted by atomic mass is 10.0. The molecule has 0 saturated heterocycles. The molecule has 0 rings (SSSR count). The van der Waals surface area contributed by atoms with Crippen LogP contribution in [0.3, 0.4) is 0 Å². The van der Waals surface area contributed by atoms with Gasteiger partial charge in [0.2, 0.25) is 6.98 Å². The lowest BCUT2D eigenvalue weighted by Gasteiger charge is -2.44. The first kappa shape index (κ1) is 17.7. The van der Waals surface area contributed by atoms with Crippen molar-refractivity contribution in [2.75, 3.05) is 0 Å². The molecular formula is C13H32OSSi2. The summed E-state index contributed by atoms with van der Waals surface area (Å²) in [7, 11) is -1.33. The molecule has 0 amide bonds. The molecule has 0 spiro atoms. The average molecular weight is 293 g/mol. The van der Waals surface area contributed by atoms with Crippen LogP contribution in [0, 0.1) is 5.92 Å². The Morgan fingerprint density at radius 3 is 1.94 bits per heavy atom. The van der Waals surface area contributed by atoms with Crippen LogP contribution in [0.1, 0.15) is 47.5 Å². The molecule has 0 aromatic heterocycles. The van der Waals surface area contributed by atoms with Crippen LogP contribution >= 0.6 is 12.1 Å². The Balaban J connectivity index is 4.95. The summed E-state index contributed by atoms with van der Waals surface area (Å²) < 4.78 is 6.61. The van der Waals surface area contributed by atoms with Gasteiger partial charge in [-0.15, -0.1) is 0 Å². The zero-order valence-corrected chi connectivity index (χ0v) is 15.9. The van der Waals surface area contributed by atoms with Crippen molar-refractivity contribution in [1.29, 1.82) is 0 Å². The van der Waals surface area contributed by atoms with Gasteiger partial charge in [-0.05, 0) is 32.2 Å². The minimum atomic E-state index is -1.85. The van der Waals surface area contributed by atoms with E-state index in [0.717, 1.165) is 6.42 Å². The van der Waals surface area contributed by atoms with Gasteiger partial charge >= 0.3 is 0 Å². The first-order chi connectivity index (χ1) is 7.43.